The van der Waals surface area contributed by atoms with Gasteiger partial charge in [0.15, 0.2) is 11.6 Å². The van der Waals surface area contributed by atoms with Crippen molar-refractivity contribution in [3.8, 4) is 17.6 Å². The highest BCUT2D eigenvalue weighted by Crippen LogP contribution is 2.17. The number of rotatable bonds is 2. The van der Waals surface area contributed by atoms with Crippen LogP contribution < -0.4 is 10.5 Å². The largest absolute Gasteiger partial charge is 0.494 e. The quantitative estimate of drug-likeness (QED) is 0.719. The average Bonchev–Trinajstić information content (AvgIpc) is 2.18. The van der Waals surface area contributed by atoms with Gasteiger partial charge in [0.1, 0.15) is 0 Å². The van der Waals surface area contributed by atoms with Crippen molar-refractivity contribution in [2.75, 3.05) is 13.7 Å². The van der Waals surface area contributed by atoms with Gasteiger partial charge in [-0.25, -0.2) is 4.39 Å². The summed E-state index contributed by atoms with van der Waals surface area (Å²) in [5.41, 5.74) is 6.02. The molecule has 0 amide bonds. The molecule has 0 aliphatic carbocycles. The van der Waals surface area contributed by atoms with Gasteiger partial charge in [-0.15, -0.1) is 0 Å². The summed E-state index contributed by atoms with van der Waals surface area (Å²) in [6.45, 7) is 0.332. The zero-order valence-corrected chi connectivity index (χ0v) is 8.01. The van der Waals surface area contributed by atoms with Crippen molar-refractivity contribution < 1.29 is 9.13 Å². The van der Waals surface area contributed by atoms with Crippen molar-refractivity contribution in [2.24, 2.45) is 5.73 Å². The van der Waals surface area contributed by atoms with Crippen LogP contribution >= 0.6 is 0 Å². The van der Waals surface area contributed by atoms with Gasteiger partial charge >= 0.3 is 0 Å². The summed E-state index contributed by atoms with van der Waals surface area (Å²) in [6.07, 6.45) is 0.512. The van der Waals surface area contributed by atoms with E-state index >= 15 is 0 Å². The molecule has 0 bridgehead atoms. The molecule has 74 valence electrons. The van der Waals surface area contributed by atoms with Crippen molar-refractivity contribution in [1.82, 2.24) is 0 Å². The lowest BCUT2D eigenvalue weighted by molar-refractivity contribution is 0.386. The zero-order chi connectivity index (χ0) is 10.4. The van der Waals surface area contributed by atoms with Crippen LogP contribution in [-0.4, -0.2) is 13.7 Å². The predicted molar refractivity (Wildman–Crippen MR) is 53.5 cm³/mol. The van der Waals surface area contributed by atoms with Crippen LogP contribution in [0.4, 0.5) is 4.39 Å². The summed E-state index contributed by atoms with van der Waals surface area (Å²) < 4.78 is 18.0. The number of methoxy groups -OCH3 is 1. The maximum Gasteiger partial charge on any atom is 0.165 e. The van der Waals surface area contributed by atoms with Crippen molar-refractivity contribution in [1.29, 1.82) is 0 Å². The molecule has 1 rings (SSSR count). The fraction of sp³-hybridized carbons (Fsp3) is 0.273. The second kappa shape index (κ2) is 5.25. The van der Waals surface area contributed by atoms with Crippen molar-refractivity contribution in [3.05, 3.63) is 29.6 Å². The van der Waals surface area contributed by atoms with Crippen LogP contribution in [0, 0.1) is 17.7 Å². The Hall–Kier alpha value is -1.53. The van der Waals surface area contributed by atoms with E-state index in [9.17, 15) is 4.39 Å². The second-order valence-corrected chi connectivity index (χ2v) is 2.70. The van der Waals surface area contributed by atoms with E-state index in [1.54, 1.807) is 12.1 Å². The molecular weight excluding hydrogens is 181 g/mol. The van der Waals surface area contributed by atoms with Crippen LogP contribution in [0.5, 0.6) is 5.75 Å². The molecule has 0 atom stereocenters. The molecule has 0 unspecified atom stereocenters. The molecule has 0 aliphatic rings. The first-order valence-electron chi connectivity index (χ1n) is 4.26. The van der Waals surface area contributed by atoms with Gasteiger partial charge in [0.05, 0.1) is 13.7 Å². The third-order valence-electron chi connectivity index (χ3n) is 1.74. The fourth-order valence-electron chi connectivity index (χ4n) is 1.06. The van der Waals surface area contributed by atoms with Gasteiger partial charge in [0.2, 0.25) is 0 Å². The Bertz CT molecular complexity index is 365. The van der Waals surface area contributed by atoms with E-state index in [1.807, 2.05) is 0 Å². The lowest BCUT2D eigenvalue weighted by Crippen LogP contribution is -1.94. The molecule has 0 fully saturated rings. The molecular formula is C11H12FNO. The molecule has 0 radical (unpaired) electrons. The minimum absolute atomic E-state index is 0.250. The Labute approximate surface area is 82.9 Å². The zero-order valence-electron chi connectivity index (χ0n) is 8.01. The van der Waals surface area contributed by atoms with Gasteiger partial charge in [-0.1, -0.05) is 17.9 Å². The fourth-order valence-corrected chi connectivity index (χ4v) is 1.06. The SMILES string of the molecule is COc1ccc(CC#CCN)cc1F. The molecule has 14 heavy (non-hydrogen) atoms. The number of halogens is 1. The highest BCUT2D eigenvalue weighted by atomic mass is 19.1. The van der Waals surface area contributed by atoms with Crippen LogP contribution in [0.1, 0.15) is 5.56 Å². The van der Waals surface area contributed by atoms with E-state index in [-0.39, 0.29) is 11.6 Å². The van der Waals surface area contributed by atoms with E-state index in [4.69, 9.17) is 10.5 Å². The minimum Gasteiger partial charge on any atom is -0.494 e. The summed E-state index contributed by atoms with van der Waals surface area (Å²) >= 11 is 0. The van der Waals surface area contributed by atoms with Gasteiger partial charge in [-0.3, -0.25) is 0 Å². The Balaban J connectivity index is 2.76. The number of nitrogens with two attached hydrogens (primary N) is 1. The van der Waals surface area contributed by atoms with Gasteiger partial charge in [-0.05, 0) is 17.7 Å². The first-order valence-corrected chi connectivity index (χ1v) is 4.26. The number of benzene rings is 1. The van der Waals surface area contributed by atoms with Crippen molar-refractivity contribution in [2.45, 2.75) is 6.42 Å². The van der Waals surface area contributed by atoms with Crippen LogP contribution in [0.25, 0.3) is 0 Å². The molecule has 0 aliphatic heterocycles. The average molecular weight is 193 g/mol. The predicted octanol–water partition coefficient (Wildman–Crippen LogP) is 1.34. The molecule has 3 heteroatoms. The van der Waals surface area contributed by atoms with E-state index < -0.39 is 0 Å². The van der Waals surface area contributed by atoms with Crippen molar-refractivity contribution in [3.63, 3.8) is 0 Å². The summed E-state index contributed by atoms with van der Waals surface area (Å²) in [5, 5.41) is 0. The van der Waals surface area contributed by atoms with Crippen molar-refractivity contribution >= 4 is 0 Å². The monoisotopic (exact) mass is 193 g/mol. The molecule has 1 aromatic rings. The molecule has 0 spiro atoms. The van der Waals surface area contributed by atoms with E-state index in [1.165, 1.54) is 13.2 Å². The summed E-state index contributed by atoms with van der Waals surface area (Å²) in [7, 11) is 1.44. The van der Waals surface area contributed by atoms with Crippen LogP contribution in [0.2, 0.25) is 0 Å². The van der Waals surface area contributed by atoms with Crippen LogP contribution in [-0.2, 0) is 6.42 Å². The molecule has 0 saturated heterocycles. The standard InChI is InChI=1S/C11H12FNO/c1-14-11-6-5-9(8-10(11)12)4-2-3-7-13/h5-6,8H,4,7,13H2,1H3. The van der Waals surface area contributed by atoms with Gasteiger partial charge in [0.25, 0.3) is 0 Å². The topological polar surface area (TPSA) is 35.2 Å². The van der Waals surface area contributed by atoms with Gasteiger partial charge in [-0.2, -0.15) is 0 Å². The van der Waals surface area contributed by atoms with E-state index in [0.717, 1.165) is 5.56 Å². The Morgan fingerprint density at radius 1 is 1.43 bits per heavy atom. The summed E-state index contributed by atoms with van der Waals surface area (Å²) in [4.78, 5) is 0. The molecule has 0 heterocycles. The molecule has 1 aromatic carbocycles. The molecule has 2 N–H and O–H groups in total. The Morgan fingerprint density at radius 2 is 2.21 bits per heavy atom. The normalized spacial score (nSPS) is 9.07. The first-order chi connectivity index (χ1) is 6.77. The Kier molecular flexibility index (Phi) is 3.96. The second-order valence-electron chi connectivity index (χ2n) is 2.70. The first kappa shape index (κ1) is 10.6. The Morgan fingerprint density at radius 3 is 2.79 bits per heavy atom. The summed E-state index contributed by atoms with van der Waals surface area (Å²) in [6, 6.07) is 4.80. The lowest BCUT2D eigenvalue weighted by Gasteiger charge is -2.02. The van der Waals surface area contributed by atoms with Crippen LogP contribution in [0.15, 0.2) is 18.2 Å². The molecule has 0 saturated carbocycles. The lowest BCUT2D eigenvalue weighted by atomic mass is 10.1. The molecule has 2 nitrogen and oxygen atoms in total. The van der Waals surface area contributed by atoms with Crippen LogP contribution in [0.3, 0.4) is 0 Å². The number of hydrogen-bond donors (Lipinski definition) is 1. The third kappa shape index (κ3) is 2.75. The smallest absolute Gasteiger partial charge is 0.165 e. The number of ether oxygens (including phenoxy) is 1. The van der Waals surface area contributed by atoms with E-state index in [0.29, 0.717) is 13.0 Å². The maximum absolute atomic E-state index is 13.2. The number of hydrogen-bond acceptors (Lipinski definition) is 2. The maximum atomic E-state index is 13.2. The molecule has 0 aromatic heterocycles. The minimum atomic E-state index is -0.362. The van der Waals surface area contributed by atoms with Gasteiger partial charge < -0.3 is 10.5 Å². The van der Waals surface area contributed by atoms with Gasteiger partial charge in [0, 0.05) is 6.42 Å². The summed E-state index contributed by atoms with van der Waals surface area (Å²) in [5.74, 6) is 5.44. The van der Waals surface area contributed by atoms with E-state index in [2.05, 4.69) is 11.8 Å². The highest BCUT2D eigenvalue weighted by Gasteiger charge is 2.01. The highest BCUT2D eigenvalue weighted by molar-refractivity contribution is 5.31. The third-order valence-corrected chi connectivity index (χ3v) is 1.74.